The Morgan fingerprint density at radius 1 is 1.32 bits per heavy atom. The molecule has 1 rings (SSSR count). The number of hydrogen-bond acceptors (Lipinski definition) is 3. The molecule has 1 aromatic carbocycles. The van der Waals surface area contributed by atoms with Crippen molar-refractivity contribution in [1.82, 2.24) is 4.90 Å². The van der Waals surface area contributed by atoms with Crippen molar-refractivity contribution in [3.63, 3.8) is 0 Å². The third-order valence-electron chi connectivity index (χ3n) is 2.69. The summed E-state index contributed by atoms with van der Waals surface area (Å²) in [7, 11) is 0. The third kappa shape index (κ3) is 4.95. The van der Waals surface area contributed by atoms with Gasteiger partial charge in [-0.1, -0.05) is 30.4 Å². The standard InChI is InChI=1S/C15H20N2O2/c1-3-16-15-9-5-4-7-14(15)8-6-10-17(11-12-18)13(2)19/h4-9,12,16H,3,10-11H2,1-2H3/b8-6+. The van der Waals surface area contributed by atoms with Gasteiger partial charge in [0.2, 0.25) is 5.91 Å². The molecule has 4 heteroatoms. The van der Waals surface area contributed by atoms with Gasteiger partial charge in [0.15, 0.2) is 0 Å². The van der Waals surface area contributed by atoms with Gasteiger partial charge >= 0.3 is 0 Å². The maximum atomic E-state index is 11.3. The zero-order chi connectivity index (χ0) is 14.1. The fourth-order valence-corrected chi connectivity index (χ4v) is 1.72. The van der Waals surface area contributed by atoms with E-state index in [0.29, 0.717) is 6.54 Å². The zero-order valence-electron chi connectivity index (χ0n) is 11.4. The van der Waals surface area contributed by atoms with Crippen molar-refractivity contribution in [1.29, 1.82) is 0 Å². The van der Waals surface area contributed by atoms with Gasteiger partial charge in [-0.3, -0.25) is 4.79 Å². The highest BCUT2D eigenvalue weighted by Gasteiger charge is 2.04. The number of carbonyl (C=O) groups excluding carboxylic acids is 2. The summed E-state index contributed by atoms with van der Waals surface area (Å²) >= 11 is 0. The Morgan fingerprint density at radius 3 is 2.68 bits per heavy atom. The number of nitrogens with zero attached hydrogens (tertiary/aromatic N) is 1. The molecule has 0 aliphatic rings. The van der Waals surface area contributed by atoms with Crippen LogP contribution in [-0.2, 0) is 9.59 Å². The minimum absolute atomic E-state index is 0.100. The Kier molecular flexibility index (Phi) is 6.36. The Balaban J connectivity index is 2.70. The second kappa shape index (κ2) is 8.08. The molecule has 0 atom stereocenters. The number of benzene rings is 1. The molecule has 0 spiro atoms. The van der Waals surface area contributed by atoms with Crippen LogP contribution in [0.3, 0.4) is 0 Å². The van der Waals surface area contributed by atoms with Crippen molar-refractivity contribution >= 4 is 24.0 Å². The van der Waals surface area contributed by atoms with Crippen LogP contribution in [0.25, 0.3) is 6.08 Å². The van der Waals surface area contributed by atoms with E-state index in [0.717, 1.165) is 24.1 Å². The summed E-state index contributed by atoms with van der Waals surface area (Å²) in [5.41, 5.74) is 2.13. The van der Waals surface area contributed by atoms with Gasteiger partial charge in [-0.25, -0.2) is 0 Å². The normalized spacial score (nSPS) is 10.4. The second-order valence-corrected chi connectivity index (χ2v) is 4.11. The van der Waals surface area contributed by atoms with E-state index in [9.17, 15) is 9.59 Å². The maximum Gasteiger partial charge on any atom is 0.220 e. The predicted molar refractivity (Wildman–Crippen MR) is 78.0 cm³/mol. The molecule has 1 amide bonds. The molecule has 19 heavy (non-hydrogen) atoms. The first-order valence-corrected chi connectivity index (χ1v) is 6.37. The summed E-state index contributed by atoms with van der Waals surface area (Å²) in [4.78, 5) is 23.2. The van der Waals surface area contributed by atoms with Gasteiger partial charge in [0.1, 0.15) is 6.29 Å². The summed E-state index contributed by atoms with van der Waals surface area (Å²) in [5.74, 6) is -0.100. The minimum Gasteiger partial charge on any atom is -0.385 e. The number of rotatable bonds is 7. The van der Waals surface area contributed by atoms with Gasteiger partial charge in [-0.2, -0.15) is 0 Å². The highest BCUT2D eigenvalue weighted by molar-refractivity contribution is 5.76. The highest BCUT2D eigenvalue weighted by atomic mass is 16.2. The summed E-state index contributed by atoms with van der Waals surface area (Å²) < 4.78 is 0. The SMILES string of the molecule is CCNc1ccccc1/C=C/CN(CC=O)C(C)=O. The molecule has 0 unspecified atom stereocenters. The molecular formula is C15H20N2O2. The molecule has 0 bridgehead atoms. The third-order valence-corrected chi connectivity index (χ3v) is 2.69. The number of para-hydroxylation sites is 1. The average Bonchev–Trinajstić information content (AvgIpc) is 2.40. The molecule has 0 fully saturated rings. The minimum atomic E-state index is -0.100. The number of aldehydes is 1. The number of amides is 1. The van der Waals surface area contributed by atoms with Crippen molar-refractivity contribution in [2.75, 3.05) is 25.0 Å². The van der Waals surface area contributed by atoms with E-state index in [2.05, 4.69) is 5.32 Å². The molecule has 0 saturated carbocycles. The Morgan fingerprint density at radius 2 is 2.05 bits per heavy atom. The van der Waals surface area contributed by atoms with E-state index in [1.807, 2.05) is 43.3 Å². The van der Waals surface area contributed by atoms with Crippen LogP contribution in [0.15, 0.2) is 30.3 Å². The van der Waals surface area contributed by atoms with Gasteiger partial charge in [0, 0.05) is 25.7 Å². The van der Waals surface area contributed by atoms with E-state index >= 15 is 0 Å². The van der Waals surface area contributed by atoms with Crippen molar-refractivity contribution in [2.24, 2.45) is 0 Å². The first-order chi connectivity index (χ1) is 9.19. The lowest BCUT2D eigenvalue weighted by atomic mass is 10.1. The Hall–Kier alpha value is -2.10. The van der Waals surface area contributed by atoms with Gasteiger partial charge in [-0.05, 0) is 18.6 Å². The quantitative estimate of drug-likeness (QED) is 0.764. The lowest BCUT2D eigenvalue weighted by molar-refractivity contribution is -0.130. The van der Waals surface area contributed by atoms with E-state index < -0.39 is 0 Å². The van der Waals surface area contributed by atoms with Gasteiger partial charge < -0.3 is 15.0 Å². The largest absolute Gasteiger partial charge is 0.385 e. The first-order valence-electron chi connectivity index (χ1n) is 6.37. The van der Waals surface area contributed by atoms with Crippen molar-refractivity contribution in [3.8, 4) is 0 Å². The molecule has 0 aliphatic heterocycles. The van der Waals surface area contributed by atoms with E-state index in [1.165, 1.54) is 11.8 Å². The van der Waals surface area contributed by atoms with Crippen molar-refractivity contribution < 1.29 is 9.59 Å². The van der Waals surface area contributed by atoms with Crippen LogP contribution in [0.4, 0.5) is 5.69 Å². The monoisotopic (exact) mass is 260 g/mol. The van der Waals surface area contributed by atoms with E-state index in [4.69, 9.17) is 0 Å². The van der Waals surface area contributed by atoms with E-state index in [-0.39, 0.29) is 12.5 Å². The second-order valence-electron chi connectivity index (χ2n) is 4.11. The predicted octanol–water partition coefficient (Wildman–Crippen LogP) is 2.18. The zero-order valence-corrected chi connectivity index (χ0v) is 11.4. The first kappa shape index (κ1) is 15.0. The summed E-state index contributed by atoms with van der Waals surface area (Å²) in [6, 6.07) is 7.96. The molecule has 0 aromatic heterocycles. The average molecular weight is 260 g/mol. The van der Waals surface area contributed by atoms with Crippen LogP contribution in [0.5, 0.6) is 0 Å². The molecule has 1 N–H and O–H groups in total. The molecule has 0 saturated heterocycles. The molecule has 1 aromatic rings. The molecule has 4 nitrogen and oxygen atoms in total. The maximum absolute atomic E-state index is 11.3. The molecule has 102 valence electrons. The van der Waals surface area contributed by atoms with Crippen molar-refractivity contribution in [2.45, 2.75) is 13.8 Å². The van der Waals surface area contributed by atoms with Gasteiger partial charge in [0.05, 0.1) is 6.54 Å². The Labute approximate surface area is 114 Å². The summed E-state index contributed by atoms with van der Waals surface area (Å²) in [6.45, 7) is 4.94. The van der Waals surface area contributed by atoms with Crippen LogP contribution in [-0.4, -0.2) is 36.7 Å². The summed E-state index contributed by atoms with van der Waals surface area (Å²) in [5, 5.41) is 3.27. The van der Waals surface area contributed by atoms with Crippen LogP contribution in [0.2, 0.25) is 0 Å². The van der Waals surface area contributed by atoms with Crippen LogP contribution in [0, 0.1) is 0 Å². The van der Waals surface area contributed by atoms with Crippen molar-refractivity contribution in [3.05, 3.63) is 35.9 Å². The highest BCUT2D eigenvalue weighted by Crippen LogP contribution is 2.16. The van der Waals surface area contributed by atoms with E-state index in [1.54, 1.807) is 0 Å². The molecular weight excluding hydrogens is 240 g/mol. The fourth-order valence-electron chi connectivity index (χ4n) is 1.72. The number of nitrogens with one attached hydrogen (secondary N) is 1. The lowest BCUT2D eigenvalue weighted by Crippen LogP contribution is -2.30. The van der Waals surface area contributed by atoms with Crippen LogP contribution < -0.4 is 5.32 Å². The molecule has 0 radical (unpaired) electrons. The summed E-state index contributed by atoms with van der Waals surface area (Å²) in [6.07, 6.45) is 4.58. The van der Waals surface area contributed by atoms with Crippen LogP contribution >= 0.6 is 0 Å². The number of carbonyl (C=O) groups is 2. The number of anilines is 1. The van der Waals surface area contributed by atoms with Gasteiger partial charge in [-0.15, -0.1) is 0 Å². The van der Waals surface area contributed by atoms with Crippen LogP contribution in [0.1, 0.15) is 19.4 Å². The smallest absolute Gasteiger partial charge is 0.220 e. The number of hydrogen-bond donors (Lipinski definition) is 1. The molecule has 0 aliphatic carbocycles. The Bertz CT molecular complexity index is 455. The van der Waals surface area contributed by atoms with Gasteiger partial charge in [0.25, 0.3) is 0 Å². The molecule has 0 heterocycles. The topological polar surface area (TPSA) is 49.4 Å². The fraction of sp³-hybridized carbons (Fsp3) is 0.333. The lowest BCUT2D eigenvalue weighted by Gasteiger charge is -2.15.